The van der Waals surface area contributed by atoms with Gasteiger partial charge in [0.1, 0.15) is 6.61 Å². The molecular formula is C16H18FNOS. The Morgan fingerprint density at radius 2 is 2.00 bits per heavy atom. The van der Waals surface area contributed by atoms with Gasteiger partial charge in [-0.25, -0.2) is 4.39 Å². The number of halogens is 1. The van der Waals surface area contributed by atoms with Crippen molar-refractivity contribution in [1.82, 2.24) is 5.32 Å². The van der Waals surface area contributed by atoms with E-state index in [1.54, 1.807) is 29.5 Å². The summed E-state index contributed by atoms with van der Waals surface area (Å²) in [6.07, 6.45) is 2.35. The summed E-state index contributed by atoms with van der Waals surface area (Å²) in [7, 11) is 0. The van der Waals surface area contributed by atoms with Gasteiger partial charge in [-0.3, -0.25) is 0 Å². The number of hydrogen-bond donors (Lipinski definition) is 1. The Balaban J connectivity index is 1.69. The van der Waals surface area contributed by atoms with E-state index in [-0.39, 0.29) is 5.82 Å². The molecule has 2 aromatic rings. The fourth-order valence-electron chi connectivity index (χ4n) is 2.63. The molecule has 20 heavy (non-hydrogen) atoms. The van der Waals surface area contributed by atoms with Gasteiger partial charge in [0.05, 0.1) is 0 Å². The smallest absolute Gasteiger partial charge is 0.165 e. The van der Waals surface area contributed by atoms with Crippen LogP contribution in [0.5, 0.6) is 5.75 Å². The van der Waals surface area contributed by atoms with Crippen molar-refractivity contribution < 1.29 is 9.13 Å². The van der Waals surface area contributed by atoms with E-state index in [0.29, 0.717) is 18.3 Å². The van der Waals surface area contributed by atoms with E-state index in [2.05, 4.69) is 16.8 Å². The lowest BCUT2D eigenvalue weighted by Crippen LogP contribution is -2.26. The van der Waals surface area contributed by atoms with Gasteiger partial charge >= 0.3 is 0 Å². The number of hydrogen-bond acceptors (Lipinski definition) is 3. The number of piperidine rings is 1. The van der Waals surface area contributed by atoms with Crippen molar-refractivity contribution in [3.63, 3.8) is 0 Å². The highest BCUT2D eigenvalue weighted by Crippen LogP contribution is 2.33. The van der Waals surface area contributed by atoms with Crippen LogP contribution in [0, 0.1) is 5.82 Å². The highest BCUT2D eigenvalue weighted by molar-refractivity contribution is 7.10. The van der Waals surface area contributed by atoms with Crippen molar-refractivity contribution in [2.75, 3.05) is 13.1 Å². The third kappa shape index (κ3) is 3.02. The van der Waals surface area contributed by atoms with Crippen LogP contribution >= 0.6 is 11.3 Å². The third-order valence-corrected chi connectivity index (χ3v) is 4.83. The molecule has 1 aromatic carbocycles. The summed E-state index contributed by atoms with van der Waals surface area (Å²) in [4.78, 5) is 1.41. The summed E-state index contributed by atoms with van der Waals surface area (Å²) in [5.74, 6) is 0.650. The van der Waals surface area contributed by atoms with Gasteiger partial charge in [-0.2, -0.15) is 0 Å². The lowest BCUT2D eigenvalue weighted by molar-refractivity contribution is 0.288. The highest BCUT2D eigenvalue weighted by Gasteiger charge is 2.19. The summed E-state index contributed by atoms with van der Waals surface area (Å²) in [6.45, 7) is 2.61. The van der Waals surface area contributed by atoms with Crippen LogP contribution in [-0.2, 0) is 6.61 Å². The van der Waals surface area contributed by atoms with E-state index in [1.165, 1.54) is 29.3 Å². The molecule has 3 rings (SSSR count). The van der Waals surface area contributed by atoms with Crippen molar-refractivity contribution in [1.29, 1.82) is 0 Å². The van der Waals surface area contributed by atoms with Crippen LogP contribution in [0.25, 0.3) is 0 Å². The van der Waals surface area contributed by atoms with Gasteiger partial charge in [0, 0.05) is 10.4 Å². The molecular weight excluding hydrogens is 273 g/mol. The molecule has 0 radical (unpaired) electrons. The van der Waals surface area contributed by atoms with E-state index in [1.807, 2.05) is 0 Å². The topological polar surface area (TPSA) is 21.3 Å². The zero-order valence-corrected chi connectivity index (χ0v) is 12.1. The van der Waals surface area contributed by atoms with Gasteiger partial charge in [0.25, 0.3) is 0 Å². The van der Waals surface area contributed by atoms with Crippen molar-refractivity contribution in [2.45, 2.75) is 25.4 Å². The van der Waals surface area contributed by atoms with Gasteiger partial charge in [-0.15, -0.1) is 11.3 Å². The van der Waals surface area contributed by atoms with Crippen molar-refractivity contribution in [3.8, 4) is 5.75 Å². The van der Waals surface area contributed by atoms with Gasteiger partial charge < -0.3 is 10.1 Å². The minimum Gasteiger partial charge on any atom is -0.486 e. The Hall–Kier alpha value is -1.39. The number of para-hydroxylation sites is 1. The first kappa shape index (κ1) is 13.6. The summed E-state index contributed by atoms with van der Waals surface area (Å²) < 4.78 is 19.2. The van der Waals surface area contributed by atoms with E-state index in [0.717, 1.165) is 13.1 Å². The molecule has 0 atom stereocenters. The van der Waals surface area contributed by atoms with Gasteiger partial charge in [0.15, 0.2) is 11.6 Å². The molecule has 1 saturated heterocycles. The van der Waals surface area contributed by atoms with Crippen LogP contribution in [-0.4, -0.2) is 13.1 Å². The molecule has 106 valence electrons. The SMILES string of the molecule is Fc1ccccc1OCc1ccsc1C1CCNCC1. The Labute approximate surface area is 122 Å². The van der Waals surface area contributed by atoms with E-state index >= 15 is 0 Å². The molecule has 0 amide bonds. The Morgan fingerprint density at radius 3 is 2.80 bits per heavy atom. The molecule has 0 unspecified atom stereocenters. The Bertz CT molecular complexity index is 563. The first-order valence-corrected chi connectivity index (χ1v) is 7.87. The number of rotatable bonds is 4. The minimum absolute atomic E-state index is 0.300. The van der Waals surface area contributed by atoms with Crippen LogP contribution in [0.15, 0.2) is 35.7 Å². The minimum atomic E-state index is -0.300. The molecule has 1 aliphatic heterocycles. The molecule has 2 nitrogen and oxygen atoms in total. The van der Waals surface area contributed by atoms with Crippen LogP contribution in [0.4, 0.5) is 4.39 Å². The number of nitrogens with one attached hydrogen (secondary N) is 1. The molecule has 4 heteroatoms. The second-order valence-electron chi connectivity index (χ2n) is 5.05. The predicted octanol–water partition coefficient (Wildman–Crippen LogP) is 3.93. The second-order valence-corrected chi connectivity index (χ2v) is 6.00. The molecule has 1 aliphatic rings. The fourth-order valence-corrected chi connectivity index (χ4v) is 3.71. The quantitative estimate of drug-likeness (QED) is 0.921. The Kier molecular flexibility index (Phi) is 4.33. The van der Waals surface area contributed by atoms with Crippen LogP contribution in [0.1, 0.15) is 29.2 Å². The van der Waals surface area contributed by atoms with Crippen molar-refractivity contribution in [3.05, 3.63) is 52.0 Å². The van der Waals surface area contributed by atoms with Crippen molar-refractivity contribution in [2.24, 2.45) is 0 Å². The summed E-state index contributed by atoms with van der Waals surface area (Å²) in [5.41, 5.74) is 1.20. The maximum Gasteiger partial charge on any atom is 0.165 e. The van der Waals surface area contributed by atoms with E-state index in [9.17, 15) is 4.39 Å². The van der Waals surface area contributed by atoms with E-state index < -0.39 is 0 Å². The molecule has 0 aliphatic carbocycles. The average Bonchev–Trinajstić information content (AvgIpc) is 2.96. The lowest BCUT2D eigenvalue weighted by Gasteiger charge is -2.22. The van der Waals surface area contributed by atoms with Crippen LogP contribution in [0.3, 0.4) is 0 Å². The molecule has 0 bridgehead atoms. The fraction of sp³-hybridized carbons (Fsp3) is 0.375. The summed E-state index contributed by atoms with van der Waals surface area (Å²) in [5, 5.41) is 5.49. The molecule has 1 N–H and O–H groups in total. The molecule has 0 saturated carbocycles. The predicted molar refractivity (Wildman–Crippen MR) is 79.9 cm³/mol. The molecule has 2 heterocycles. The zero-order chi connectivity index (χ0) is 13.8. The molecule has 1 fully saturated rings. The maximum absolute atomic E-state index is 13.5. The largest absolute Gasteiger partial charge is 0.486 e. The number of benzene rings is 1. The Morgan fingerprint density at radius 1 is 1.20 bits per heavy atom. The average molecular weight is 291 g/mol. The maximum atomic E-state index is 13.5. The standard InChI is InChI=1S/C16H18FNOS/c17-14-3-1-2-4-15(14)19-11-13-7-10-20-16(13)12-5-8-18-9-6-12/h1-4,7,10,12,18H,5-6,8-9,11H2. The number of ether oxygens (including phenoxy) is 1. The normalized spacial score (nSPS) is 16.2. The van der Waals surface area contributed by atoms with Crippen molar-refractivity contribution >= 4 is 11.3 Å². The van der Waals surface area contributed by atoms with Crippen LogP contribution < -0.4 is 10.1 Å². The highest BCUT2D eigenvalue weighted by atomic mass is 32.1. The monoisotopic (exact) mass is 291 g/mol. The third-order valence-electron chi connectivity index (χ3n) is 3.71. The summed E-state index contributed by atoms with van der Waals surface area (Å²) >= 11 is 1.79. The van der Waals surface area contributed by atoms with Gasteiger partial charge in [-0.1, -0.05) is 12.1 Å². The number of thiophene rings is 1. The van der Waals surface area contributed by atoms with Gasteiger partial charge in [-0.05, 0) is 55.4 Å². The zero-order valence-electron chi connectivity index (χ0n) is 11.3. The molecule has 1 aromatic heterocycles. The first-order chi connectivity index (χ1) is 9.84. The molecule has 0 spiro atoms. The lowest BCUT2D eigenvalue weighted by atomic mass is 9.94. The van der Waals surface area contributed by atoms with Crippen LogP contribution in [0.2, 0.25) is 0 Å². The van der Waals surface area contributed by atoms with Gasteiger partial charge in [0.2, 0.25) is 0 Å². The second kappa shape index (κ2) is 6.37. The van der Waals surface area contributed by atoms with E-state index in [4.69, 9.17) is 4.74 Å². The first-order valence-electron chi connectivity index (χ1n) is 6.99. The summed E-state index contributed by atoms with van der Waals surface area (Å²) in [6, 6.07) is 8.67.